The highest BCUT2D eigenvalue weighted by Gasteiger charge is 2.26. The van der Waals surface area contributed by atoms with Gasteiger partial charge >= 0.3 is 0 Å². The van der Waals surface area contributed by atoms with Gasteiger partial charge in [-0.1, -0.05) is 0 Å². The van der Waals surface area contributed by atoms with E-state index >= 15 is 0 Å². The minimum Gasteiger partial charge on any atom is -0.337 e. The molecule has 0 unspecified atom stereocenters. The number of carbonyl (C=O) groups is 1. The highest BCUT2D eigenvalue weighted by molar-refractivity contribution is 9.10. The molecule has 0 atom stereocenters. The summed E-state index contributed by atoms with van der Waals surface area (Å²) < 4.78 is 2.97. The van der Waals surface area contributed by atoms with Gasteiger partial charge in [0.2, 0.25) is 0 Å². The third-order valence-electron chi connectivity index (χ3n) is 3.82. The van der Waals surface area contributed by atoms with Crippen LogP contribution in [0.4, 0.5) is 0 Å². The number of piperidine rings is 1. The van der Waals surface area contributed by atoms with Crippen molar-refractivity contribution in [2.75, 3.05) is 19.6 Å². The lowest BCUT2D eigenvalue weighted by atomic mass is 10.1. The molecule has 0 spiro atoms. The minimum atomic E-state index is 0. The number of nitrogens with zero attached hydrogens (tertiary/aromatic N) is 4. The van der Waals surface area contributed by atoms with Crippen LogP contribution in [0.3, 0.4) is 0 Å². The molecule has 6 nitrogen and oxygen atoms in total. The summed E-state index contributed by atoms with van der Waals surface area (Å²) in [4.78, 5) is 18.7. The number of hydrogen-bond donors (Lipinski definition) is 1. The molecular formula is C14H19BrClN5OS. The van der Waals surface area contributed by atoms with E-state index in [0.29, 0.717) is 18.3 Å². The lowest BCUT2D eigenvalue weighted by Crippen LogP contribution is -2.39. The molecule has 126 valence electrons. The lowest BCUT2D eigenvalue weighted by Gasteiger charge is -2.31. The van der Waals surface area contributed by atoms with Crippen molar-refractivity contribution in [3.05, 3.63) is 32.9 Å². The van der Waals surface area contributed by atoms with Crippen molar-refractivity contribution < 1.29 is 4.79 Å². The number of nitrogens with two attached hydrogens (primary N) is 1. The second-order valence-corrected chi connectivity index (χ2v) is 7.19. The number of hydrogen-bond acceptors (Lipinski definition) is 5. The molecule has 9 heteroatoms. The van der Waals surface area contributed by atoms with E-state index in [1.165, 1.54) is 11.3 Å². The van der Waals surface area contributed by atoms with Crippen molar-refractivity contribution >= 4 is 45.6 Å². The molecule has 1 amide bonds. The lowest BCUT2D eigenvalue weighted by molar-refractivity contribution is 0.0684. The molecule has 0 aliphatic carbocycles. The molecule has 2 N–H and O–H groups in total. The monoisotopic (exact) mass is 419 g/mol. The van der Waals surface area contributed by atoms with E-state index in [1.807, 2.05) is 21.2 Å². The maximum absolute atomic E-state index is 12.5. The summed E-state index contributed by atoms with van der Waals surface area (Å²) in [7, 11) is 0. The van der Waals surface area contributed by atoms with Crippen molar-refractivity contribution in [2.45, 2.75) is 25.3 Å². The summed E-state index contributed by atoms with van der Waals surface area (Å²) in [6.07, 6.45) is 6.35. The number of aromatic nitrogens is 3. The summed E-state index contributed by atoms with van der Waals surface area (Å²) in [5, 5.41) is 7.10. The summed E-state index contributed by atoms with van der Waals surface area (Å²) in [6, 6.07) is 0.360. The third kappa shape index (κ3) is 4.32. The molecule has 3 rings (SSSR count). The first-order valence-corrected chi connectivity index (χ1v) is 8.98. The van der Waals surface area contributed by atoms with Gasteiger partial charge in [0.15, 0.2) is 0 Å². The Bertz CT molecular complexity index is 653. The standard InChI is InChI=1S/C14H18BrN5OS.ClH/c15-10-7-17-20(8-10)11-2-5-19(6-3-11)14(21)12-9-22-13(18-12)1-4-16;/h7-9,11H,1-6,16H2;1H. The Kier molecular flexibility index (Phi) is 6.58. The largest absolute Gasteiger partial charge is 0.337 e. The molecule has 1 aliphatic rings. The molecule has 23 heavy (non-hydrogen) atoms. The molecule has 0 radical (unpaired) electrons. The Hall–Kier alpha value is -0.960. The fraction of sp³-hybridized carbons (Fsp3) is 0.500. The predicted molar refractivity (Wildman–Crippen MR) is 96.2 cm³/mol. The Balaban J connectivity index is 0.00000192. The van der Waals surface area contributed by atoms with Gasteiger partial charge in [-0.05, 0) is 35.3 Å². The number of amides is 1. The number of carbonyl (C=O) groups excluding carboxylic acids is 1. The number of halogens is 2. The minimum absolute atomic E-state index is 0. The summed E-state index contributed by atoms with van der Waals surface area (Å²) >= 11 is 4.92. The van der Waals surface area contributed by atoms with E-state index in [0.717, 1.165) is 41.8 Å². The highest BCUT2D eigenvalue weighted by Crippen LogP contribution is 2.24. The van der Waals surface area contributed by atoms with Gasteiger partial charge in [-0.3, -0.25) is 9.48 Å². The van der Waals surface area contributed by atoms with Gasteiger partial charge in [-0.2, -0.15) is 5.10 Å². The molecule has 1 aliphatic heterocycles. The zero-order valence-corrected chi connectivity index (χ0v) is 15.7. The maximum atomic E-state index is 12.5. The summed E-state index contributed by atoms with van der Waals surface area (Å²) in [6.45, 7) is 2.04. The van der Waals surface area contributed by atoms with Crippen molar-refractivity contribution in [3.8, 4) is 0 Å². The third-order valence-corrected chi connectivity index (χ3v) is 5.14. The van der Waals surface area contributed by atoms with E-state index in [1.54, 1.807) is 6.20 Å². The van der Waals surface area contributed by atoms with Crippen LogP contribution in [0.5, 0.6) is 0 Å². The topological polar surface area (TPSA) is 77.0 Å². The van der Waals surface area contributed by atoms with Crippen LogP contribution < -0.4 is 5.73 Å². The Morgan fingerprint density at radius 2 is 2.17 bits per heavy atom. The first-order chi connectivity index (χ1) is 10.7. The van der Waals surface area contributed by atoms with Gasteiger partial charge in [-0.15, -0.1) is 23.7 Å². The fourth-order valence-electron chi connectivity index (χ4n) is 2.66. The quantitative estimate of drug-likeness (QED) is 0.824. The van der Waals surface area contributed by atoms with Crippen LogP contribution in [-0.4, -0.2) is 45.2 Å². The van der Waals surface area contributed by atoms with E-state index in [4.69, 9.17) is 5.73 Å². The van der Waals surface area contributed by atoms with Gasteiger partial charge in [0, 0.05) is 31.1 Å². The molecule has 1 fully saturated rings. The smallest absolute Gasteiger partial charge is 0.273 e. The van der Waals surface area contributed by atoms with Crippen LogP contribution >= 0.6 is 39.7 Å². The van der Waals surface area contributed by atoms with Crippen LogP contribution in [0.15, 0.2) is 22.2 Å². The zero-order valence-electron chi connectivity index (χ0n) is 12.5. The average Bonchev–Trinajstić information content (AvgIpc) is 3.16. The highest BCUT2D eigenvalue weighted by atomic mass is 79.9. The maximum Gasteiger partial charge on any atom is 0.273 e. The van der Waals surface area contributed by atoms with E-state index in [-0.39, 0.29) is 18.3 Å². The van der Waals surface area contributed by atoms with Crippen LogP contribution in [-0.2, 0) is 6.42 Å². The van der Waals surface area contributed by atoms with Crippen molar-refractivity contribution in [1.29, 1.82) is 0 Å². The fourth-order valence-corrected chi connectivity index (χ4v) is 3.75. The molecule has 0 saturated carbocycles. The van der Waals surface area contributed by atoms with Gasteiger partial charge in [0.1, 0.15) is 5.69 Å². The van der Waals surface area contributed by atoms with Gasteiger partial charge < -0.3 is 10.6 Å². The van der Waals surface area contributed by atoms with Gasteiger partial charge in [0.05, 0.1) is 21.7 Å². The number of rotatable bonds is 4. The van der Waals surface area contributed by atoms with Crippen LogP contribution in [0, 0.1) is 0 Å². The first kappa shape index (κ1) is 18.4. The van der Waals surface area contributed by atoms with E-state index in [9.17, 15) is 4.79 Å². The Labute approximate surface area is 153 Å². The number of thiazole rings is 1. The van der Waals surface area contributed by atoms with Gasteiger partial charge in [0.25, 0.3) is 5.91 Å². The second-order valence-electron chi connectivity index (χ2n) is 5.33. The molecule has 2 aromatic rings. The van der Waals surface area contributed by atoms with Crippen LogP contribution in [0.2, 0.25) is 0 Å². The predicted octanol–water partition coefficient (Wildman–Crippen LogP) is 2.50. The second kappa shape index (κ2) is 8.23. The summed E-state index contributed by atoms with van der Waals surface area (Å²) in [5.41, 5.74) is 6.07. The number of likely N-dealkylation sites (tertiary alicyclic amines) is 1. The summed E-state index contributed by atoms with van der Waals surface area (Å²) in [5.74, 6) is 0.0274. The molecule has 1 saturated heterocycles. The normalized spacial score (nSPS) is 15.5. The van der Waals surface area contributed by atoms with Crippen LogP contribution in [0.1, 0.15) is 34.4 Å². The molecule has 3 heterocycles. The average molecular weight is 421 g/mol. The first-order valence-electron chi connectivity index (χ1n) is 7.31. The van der Waals surface area contributed by atoms with Crippen LogP contribution in [0.25, 0.3) is 0 Å². The van der Waals surface area contributed by atoms with Gasteiger partial charge in [-0.25, -0.2) is 4.98 Å². The van der Waals surface area contributed by atoms with Crippen molar-refractivity contribution in [3.63, 3.8) is 0 Å². The SMILES string of the molecule is Cl.NCCc1nc(C(=O)N2CCC(n3cc(Br)cn3)CC2)cs1. The molecule has 0 bridgehead atoms. The zero-order chi connectivity index (χ0) is 15.5. The molecule has 2 aromatic heterocycles. The Morgan fingerprint density at radius 3 is 2.78 bits per heavy atom. The van der Waals surface area contributed by atoms with E-state index in [2.05, 4.69) is 26.0 Å². The van der Waals surface area contributed by atoms with Crippen molar-refractivity contribution in [1.82, 2.24) is 19.7 Å². The van der Waals surface area contributed by atoms with E-state index < -0.39 is 0 Å². The molecule has 0 aromatic carbocycles. The molecular weight excluding hydrogens is 402 g/mol. The Morgan fingerprint density at radius 1 is 1.43 bits per heavy atom. The van der Waals surface area contributed by atoms with Crippen molar-refractivity contribution in [2.24, 2.45) is 5.73 Å².